The third-order valence-corrected chi connectivity index (χ3v) is 3.06. The number of aromatic nitrogens is 1. The van der Waals surface area contributed by atoms with Crippen LogP contribution < -0.4 is 5.32 Å². The summed E-state index contributed by atoms with van der Waals surface area (Å²) < 4.78 is 0. The maximum Gasteiger partial charge on any atom is 0.407 e. The van der Waals surface area contributed by atoms with Crippen LogP contribution >= 0.6 is 11.6 Å². The predicted octanol–water partition coefficient (Wildman–Crippen LogP) is 1.77. The standard InChI is InChI=1S/C11H11ClN4O2/c12-9-3-7(4-13)5-14-10(9)15-8-1-2-16(6-8)11(17)18/h3,5,8H,1-2,6H2,(H,14,15)(H,17,18). The van der Waals surface area contributed by atoms with Gasteiger partial charge in [0, 0.05) is 25.3 Å². The molecule has 1 aliphatic heterocycles. The molecule has 0 bridgehead atoms. The third-order valence-electron chi connectivity index (χ3n) is 2.77. The Hall–Kier alpha value is -2.00. The van der Waals surface area contributed by atoms with E-state index >= 15 is 0 Å². The maximum absolute atomic E-state index is 10.8. The van der Waals surface area contributed by atoms with Gasteiger partial charge >= 0.3 is 6.09 Å². The van der Waals surface area contributed by atoms with Crippen LogP contribution in [-0.2, 0) is 0 Å². The smallest absolute Gasteiger partial charge is 0.407 e. The molecule has 2 rings (SSSR count). The highest BCUT2D eigenvalue weighted by Crippen LogP contribution is 2.22. The van der Waals surface area contributed by atoms with Crippen molar-refractivity contribution in [2.75, 3.05) is 18.4 Å². The molecule has 1 fully saturated rings. The number of hydrogen-bond donors (Lipinski definition) is 2. The van der Waals surface area contributed by atoms with Gasteiger partial charge in [0.05, 0.1) is 10.6 Å². The van der Waals surface area contributed by atoms with Crippen LogP contribution in [0.15, 0.2) is 12.3 Å². The molecular weight excluding hydrogens is 256 g/mol. The van der Waals surface area contributed by atoms with Crippen LogP contribution in [0.5, 0.6) is 0 Å². The molecule has 0 aromatic carbocycles. The van der Waals surface area contributed by atoms with Crippen LogP contribution in [-0.4, -0.2) is 40.2 Å². The molecule has 18 heavy (non-hydrogen) atoms. The summed E-state index contributed by atoms with van der Waals surface area (Å²) in [6, 6.07) is 3.48. The van der Waals surface area contributed by atoms with Gasteiger partial charge in [-0.3, -0.25) is 0 Å². The summed E-state index contributed by atoms with van der Waals surface area (Å²) in [5.74, 6) is 0.480. The van der Waals surface area contributed by atoms with Gasteiger partial charge < -0.3 is 15.3 Å². The van der Waals surface area contributed by atoms with Crippen LogP contribution in [0.2, 0.25) is 5.02 Å². The first-order valence-corrected chi connectivity index (χ1v) is 5.78. The second kappa shape index (κ2) is 5.10. The van der Waals surface area contributed by atoms with E-state index in [0.717, 1.165) is 0 Å². The average Bonchev–Trinajstić information content (AvgIpc) is 2.80. The molecule has 7 heteroatoms. The molecule has 0 spiro atoms. The second-order valence-electron chi connectivity index (χ2n) is 4.02. The highest BCUT2D eigenvalue weighted by Gasteiger charge is 2.26. The second-order valence-corrected chi connectivity index (χ2v) is 4.43. The van der Waals surface area contributed by atoms with E-state index in [1.165, 1.54) is 17.2 Å². The number of likely N-dealkylation sites (tertiary alicyclic amines) is 1. The Morgan fingerprint density at radius 2 is 2.50 bits per heavy atom. The zero-order valence-electron chi connectivity index (χ0n) is 9.43. The number of hydrogen-bond acceptors (Lipinski definition) is 4. The first-order chi connectivity index (χ1) is 8.60. The number of halogens is 1. The number of anilines is 1. The van der Waals surface area contributed by atoms with Gasteiger partial charge in [-0.25, -0.2) is 9.78 Å². The number of carboxylic acid groups (broad SMARTS) is 1. The number of rotatable bonds is 2. The molecule has 0 radical (unpaired) electrons. The minimum atomic E-state index is -0.918. The molecule has 1 aromatic heterocycles. The molecule has 2 N–H and O–H groups in total. The van der Waals surface area contributed by atoms with Gasteiger partial charge in [-0.15, -0.1) is 0 Å². The van der Waals surface area contributed by atoms with Gasteiger partial charge in [-0.2, -0.15) is 5.26 Å². The molecule has 2 heterocycles. The number of nitriles is 1. The molecule has 0 saturated carbocycles. The van der Waals surface area contributed by atoms with Crippen molar-refractivity contribution in [1.29, 1.82) is 5.26 Å². The van der Waals surface area contributed by atoms with Crippen molar-refractivity contribution >= 4 is 23.5 Å². The van der Waals surface area contributed by atoms with Crippen LogP contribution in [0, 0.1) is 11.3 Å². The van der Waals surface area contributed by atoms with Crippen molar-refractivity contribution in [2.24, 2.45) is 0 Å². The highest BCUT2D eigenvalue weighted by atomic mass is 35.5. The Balaban J connectivity index is 2.03. The Morgan fingerprint density at radius 1 is 1.72 bits per heavy atom. The van der Waals surface area contributed by atoms with E-state index in [1.807, 2.05) is 6.07 Å². The molecule has 1 aromatic rings. The summed E-state index contributed by atoms with van der Waals surface area (Å²) >= 11 is 5.98. The van der Waals surface area contributed by atoms with Gasteiger partial charge in [0.1, 0.15) is 11.9 Å². The Labute approximate surface area is 109 Å². The van der Waals surface area contributed by atoms with Crippen molar-refractivity contribution in [3.63, 3.8) is 0 Å². The SMILES string of the molecule is N#Cc1cnc(NC2CCN(C(=O)O)C2)c(Cl)c1. The minimum absolute atomic E-state index is 0.000893. The zero-order valence-corrected chi connectivity index (χ0v) is 10.2. The molecule has 1 amide bonds. The van der Waals surface area contributed by atoms with E-state index in [0.29, 0.717) is 35.9 Å². The molecule has 6 nitrogen and oxygen atoms in total. The lowest BCUT2D eigenvalue weighted by molar-refractivity contribution is 0.155. The minimum Gasteiger partial charge on any atom is -0.465 e. The zero-order chi connectivity index (χ0) is 13.1. The Bertz CT molecular complexity index is 514. The molecule has 1 atom stereocenters. The summed E-state index contributed by atoms with van der Waals surface area (Å²) in [5.41, 5.74) is 0.393. The van der Waals surface area contributed by atoms with Gasteiger partial charge in [0.25, 0.3) is 0 Å². The number of nitrogens with one attached hydrogen (secondary N) is 1. The summed E-state index contributed by atoms with van der Waals surface area (Å²) in [7, 11) is 0. The number of carbonyl (C=O) groups is 1. The third kappa shape index (κ3) is 2.63. The highest BCUT2D eigenvalue weighted by molar-refractivity contribution is 6.33. The van der Waals surface area contributed by atoms with E-state index in [4.69, 9.17) is 22.0 Å². The van der Waals surface area contributed by atoms with Crippen molar-refractivity contribution in [3.8, 4) is 6.07 Å². The fourth-order valence-electron chi connectivity index (χ4n) is 1.85. The quantitative estimate of drug-likeness (QED) is 0.851. The first kappa shape index (κ1) is 12.5. The fraction of sp³-hybridized carbons (Fsp3) is 0.364. The van der Waals surface area contributed by atoms with Gasteiger partial charge in [-0.1, -0.05) is 11.6 Å². The monoisotopic (exact) mass is 266 g/mol. The molecule has 0 aliphatic carbocycles. The maximum atomic E-state index is 10.8. The van der Waals surface area contributed by atoms with Gasteiger partial charge in [-0.05, 0) is 12.5 Å². The van der Waals surface area contributed by atoms with Gasteiger partial charge in [0.2, 0.25) is 0 Å². The van der Waals surface area contributed by atoms with E-state index in [-0.39, 0.29) is 6.04 Å². The first-order valence-electron chi connectivity index (χ1n) is 5.40. The normalized spacial score (nSPS) is 18.4. The van der Waals surface area contributed by atoms with E-state index in [9.17, 15) is 4.79 Å². The number of amides is 1. The Morgan fingerprint density at radius 3 is 3.06 bits per heavy atom. The topological polar surface area (TPSA) is 89.3 Å². The summed E-state index contributed by atoms with van der Waals surface area (Å²) in [4.78, 5) is 16.2. The molecule has 1 aliphatic rings. The molecule has 94 valence electrons. The van der Waals surface area contributed by atoms with Crippen LogP contribution in [0.4, 0.5) is 10.6 Å². The van der Waals surface area contributed by atoms with Crippen molar-refractivity contribution < 1.29 is 9.90 Å². The average molecular weight is 267 g/mol. The Kier molecular flexibility index (Phi) is 3.53. The van der Waals surface area contributed by atoms with Crippen molar-refractivity contribution in [2.45, 2.75) is 12.5 Å². The van der Waals surface area contributed by atoms with E-state index in [1.54, 1.807) is 0 Å². The largest absolute Gasteiger partial charge is 0.465 e. The fourth-order valence-corrected chi connectivity index (χ4v) is 2.07. The van der Waals surface area contributed by atoms with Gasteiger partial charge in [0.15, 0.2) is 0 Å². The summed E-state index contributed by atoms with van der Waals surface area (Å²) in [6.45, 7) is 0.911. The van der Waals surface area contributed by atoms with Crippen molar-refractivity contribution in [3.05, 3.63) is 22.8 Å². The lowest BCUT2D eigenvalue weighted by Gasteiger charge is -2.15. The summed E-state index contributed by atoms with van der Waals surface area (Å²) in [6.07, 6.45) is 1.22. The number of nitrogens with zero attached hydrogens (tertiary/aromatic N) is 3. The lowest BCUT2D eigenvalue weighted by atomic mass is 10.2. The van der Waals surface area contributed by atoms with Crippen LogP contribution in [0.3, 0.4) is 0 Å². The number of pyridine rings is 1. The van der Waals surface area contributed by atoms with E-state index < -0.39 is 6.09 Å². The molecule has 1 saturated heterocycles. The molecule has 1 unspecified atom stereocenters. The molecular formula is C11H11ClN4O2. The summed E-state index contributed by atoms with van der Waals surface area (Å²) in [5, 5.41) is 21.0. The lowest BCUT2D eigenvalue weighted by Crippen LogP contribution is -2.30. The predicted molar refractivity (Wildman–Crippen MR) is 65.6 cm³/mol. The van der Waals surface area contributed by atoms with Crippen LogP contribution in [0.25, 0.3) is 0 Å². The van der Waals surface area contributed by atoms with Crippen molar-refractivity contribution in [1.82, 2.24) is 9.88 Å². The van der Waals surface area contributed by atoms with Crippen LogP contribution in [0.1, 0.15) is 12.0 Å². The van der Waals surface area contributed by atoms with E-state index in [2.05, 4.69) is 10.3 Å².